The standard InChI is InChI=1S/C17H34N4O.HI/c1-6-8-9-10-20(5)17(18-7-2)19-13-15(3)21-11-12-22-14-16(21)4;/h6,15-16H,1,7-14H2,2-5H3,(H,18,19);1H. The molecule has 0 aliphatic carbocycles. The minimum Gasteiger partial charge on any atom is -0.379 e. The molecule has 1 rings (SSSR count). The van der Waals surface area contributed by atoms with Crippen molar-refractivity contribution in [1.82, 2.24) is 15.1 Å². The second-order valence-corrected chi connectivity index (χ2v) is 6.06. The largest absolute Gasteiger partial charge is 0.379 e. The van der Waals surface area contributed by atoms with Crippen LogP contribution in [0.2, 0.25) is 0 Å². The maximum absolute atomic E-state index is 5.51. The predicted octanol–water partition coefficient (Wildman–Crippen LogP) is 2.58. The molecule has 136 valence electrons. The maximum atomic E-state index is 5.51. The first-order valence-electron chi connectivity index (χ1n) is 8.54. The monoisotopic (exact) mass is 438 g/mol. The number of hydrogen-bond donors (Lipinski definition) is 1. The number of nitrogens with zero attached hydrogens (tertiary/aromatic N) is 3. The van der Waals surface area contributed by atoms with E-state index >= 15 is 0 Å². The number of aliphatic imine (C=N–C) groups is 1. The van der Waals surface area contributed by atoms with E-state index in [1.807, 2.05) is 6.08 Å². The molecule has 6 heteroatoms. The number of unbranched alkanes of at least 4 members (excludes halogenated alkanes) is 1. The van der Waals surface area contributed by atoms with Crippen LogP contribution < -0.4 is 5.32 Å². The molecule has 0 bridgehead atoms. The van der Waals surface area contributed by atoms with Gasteiger partial charge in [0.1, 0.15) is 0 Å². The molecule has 23 heavy (non-hydrogen) atoms. The van der Waals surface area contributed by atoms with Crippen LogP contribution >= 0.6 is 24.0 Å². The normalized spacial score (nSPS) is 20.5. The van der Waals surface area contributed by atoms with Crippen molar-refractivity contribution in [3.8, 4) is 0 Å². The summed E-state index contributed by atoms with van der Waals surface area (Å²) in [6.45, 7) is 15.8. The van der Waals surface area contributed by atoms with Crippen molar-refractivity contribution in [2.45, 2.75) is 45.7 Å². The van der Waals surface area contributed by atoms with Crippen molar-refractivity contribution in [3.63, 3.8) is 0 Å². The van der Waals surface area contributed by atoms with E-state index in [0.29, 0.717) is 12.1 Å². The van der Waals surface area contributed by atoms with E-state index in [4.69, 9.17) is 9.73 Å². The Labute approximate surface area is 159 Å². The fourth-order valence-electron chi connectivity index (χ4n) is 2.77. The van der Waals surface area contributed by atoms with Gasteiger partial charge in [-0.1, -0.05) is 6.08 Å². The summed E-state index contributed by atoms with van der Waals surface area (Å²) < 4.78 is 5.51. The third-order valence-electron chi connectivity index (χ3n) is 4.09. The SMILES string of the molecule is C=CCCCN(C)C(=NCC(C)N1CCOCC1C)NCC.I. The summed E-state index contributed by atoms with van der Waals surface area (Å²) in [5.41, 5.74) is 0. The molecular weight excluding hydrogens is 403 g/mol. The highest BCUT2D eigenvalue weighted by atomic mass is 127. The lowest BCUT2D eigenvalue weighted by Gasteiger charge is -2.37. The Bertz CT molecular complexity index is 351. The van der Waals surface area contributed by atoms with Gasteiger partial charge < -0.3 is 15.0 Å². The minimum atomic E-state index is 0. The highest BCUT2D eigenvalue weighted by molar-refractivity contribution is 14.0. The summed E-state index contributed by atoms with van der Waals surface area (Å²) in [5, 5.41) is 3.39. The van der Waals surface area contributed by atoms with Gasteiger partial charge in [0.15, 0.2) is 5.96 Å². The van der Waals surface area contributed by atoms with Gasteiger partial charge in [-0.2, -0.15) is 0 Å². The Morgan fingerprint density at radius 3 is 2.91 bits per heavy atom. The smallest absolute Gasteiger partial charge is 0.193 e. The van der Waals surface area contributed by atoms with Crippen molar-refractivity contribution in [3.05, 3.63) is 12.7 Å². The van der Waals surface area contributed by atoms with Gasteiger partial charge in [0.05, 0.1) is 19.8 Å². The lowest BCUT2D eigenvalue weighted by Crippen LogP contribution is -2.49. The quantitative estimate of drug-likeness (QED) is 0.208. The number of hydrogen-bond acceptors (Lipinski definition) is 3. The van der Waals surface area contributed by atoms with Crippen molar-refractivity contribution < 1.29 is 4.74 Å². The van der Waals surface area contributed by atoms with Crippen LogP contribution in [-0.4, -0.2) is 74.3 Å². The van der Waals surface area contributed by atoms with E-state index in [1.165, 1.54) is 0 Å². The van der Waals surface area contributed by atoms with Crippen molar-refractivity contribution >= 4 is 29.9 Å². The number of guanidine groups is 1. The average molecular weight is 438 g/mol. The molecular formula is C17H35IN4O. The minimum absolute atomic E-state index is 0. The summed E-state index contributed by atoms with van der Waals surface area (Å²) in [6.07, 6.45) is 4.13. The molecule has 0 radical (unpaired) electrons. The molecule has 1 saturated heterocycles. The highest BCUT2D eigenvalue weighted by Gasteiger charge is 2.23. The number of allylic oxidation sites excluding steroid dienone is 1. The predicted molar refractivity (Wildman–Crippen MR) is 110 cm³/mol. The lowest BCUT2D eigenvalue weighted by atomic mass is 10.2. The fraction of sp³-hybridized carbons (Fsp3) is 0.824. The van der Waals surface area contributed by atoms with Gasteiger partial charge in [0, 0.05) is 38.8 Å². The summed E-state index contributed by atoms with van der Waals surface area (Å²) in [7, 11) is 2.10. The molecule has 0 aromatic heterocycles. The Morgan fingerprint density at radius 2 is 2.30 bits per heavy atom. The first-order valence-corrected chi connectivity index (χ1v) is 8.54. The van der Waals surface area contributed by atoms with E-state index in [2.05, 4.69) is 49.5 Å². The molecule has 1 aliphatic rings. The molecule has 0 spiro atoms. The first kappa shape index (κ1) is 22.7. The van der Waals surface area contributed by atoms with Crippen LogP contribution in [-0.2, 0) is 4.74 Å². The van der Waals surface area contributed by atoms with Crippen LogP contribution in [0.3, 0.4) is 0 Å². The summed E-state index contributed by atoms with van der Waals surface area (Å²) in [6, 6.07) is 0.918. The van der Waals surface area contributed by atoms with Gasteiger partial charge in [-0.15, -0.1) is 30.6 Å². The zero-order valence-corrected chi connectivity index (χ0v) is 17.6. The van der Waals surface area contributed by atoms with E-state index in [0.717, 1.165) is 58.2 Å². The van der Waals surface area contributed by atoms with Crippen LogP contribution in [0.15, 0.2) is 17.6 Å². The molecule has 0 aromatic carbocycles. The van der Waals surface area contributed by atoms with Crippen LogP contribution in [0.5, 0.6) is 0 Å². The van der Waals surface area contributed by atoms with Crippen LogP contribution in [0, 0.1) is 0 Å². The third kappa shape index (κ3) is 8.35. The zero-order chi connectivity index (χ0) is 16.4. The van der Waals surface area contributed by atoms with E-state index in [-0.39, 0.29) is 24.0 Å². The van der Waals surface area contributed by atoms with E-state index in [1.54, 1.807) is 0 Å². The Balaban J connectivity index is 0.00000484. The van der Waals surface area contributed by atoms with Crippen LogP contribution in [0.4, 0.5) is 0 Å². The Kier molecular flexibility index (Phi) is 12.8. The van der Waals surface area contributed by atoms with Crippen LogP contribution in [0.1, 0.15) is 33.6 Å². The number of halogens is 1. The van der Waals surface area contributed by atoms with Gasteiger partial charge in [-0.05, 0) is 33.6 Å². The second-order valence-electron chi connectivity index (χ2n) is 6.06. The molecule has 2 unspecified atom stereocenters. The van der Waals surface area contributed by atoms with Gasteiger partial charge in [-0.3, -0.25) is 9.89 Å². The lowest BCUT2D eigenvalue weighted by molar-refractivity contribution is -0.0166. The maximum Gasteiger partial charge on any atom is 0.193 e. The molecule has 0 aromatic rings. The average Bonchev–Trinajstić information content (AvgIpc) is 2.51. The zero-order valence-electron chi connectivity index (χ0n) is 15.3. The Morgan fingerprint density at radius 1 is 1.57 bits per heavy atom. The summed E-state index contributed by atoms with van der Waals surface area (Å²) in [5.74, 6) is 0.999. The first-order chi connectivity index (χ1) is 10.6. The van der Waals surface area contributed by atoms with Gasteiger partial charge in [-0.25, -0.2) is 0 Å². The molecule has 0 saturated carbocycles. The van der Waals surface area contributed by atoms with Crippen molar-refractivity contribution in [2.24, 2.45) is 4.99 Å². The molecule has 1 fully saturated rings. The highest BCUT2D eigenvalue weighted by Crippen LogP contribution is 2.11. The fourth-order valence-corrected chi connectivity index (χ4v) is 2.77. The molecule has 1 N–H and O–H groups in total. The number of morpholine rings is 1. The van der Waals surface area contributed by atoms with Crippen LogP contribution in [0.25, 0.3) is 0 Å². The summed E-state index contributed by atoms with van der Waals surface area (Å²) in [4.78, 5) is 9.53. The van der Waals surface area contributed by atoms with Gasteiger partial charge in [0.25, 0.3) is 0 Å². The van der Waals surface area contributed by atoms with Gasteiger partial charge in [0.2, 0.25) is 0 Å². The second kappa shape index (κ2) is 13.0. The van der Waals surface area contributed by atoms with E-state index in [9.17, 15) is 0 Å². The topological polar surface area (TPSA) is 40.1 Å². The van der Waals surface area contributed by atoms with Crippen molar-refractivity contribution in [1.29, 1.82) is 0 Å². The Hall–Kier alpha value is -0.340. The molecule has 2 atom stereocenters. The number of ether oxygens (including phenoxy) is 1. The number of nitrogens with one attached hydrogen (secondary N) is 1. The summed E-state index contributed by atoms with van der Waals surface area (Å²) >= 11 is 0. The molecule has 0 amide bonds. The number of rotatable bonds is 8. The molecule has 1 aliphatic heterocycles. The molecule has 5 nitrogen and oxygen atoms in total. The van der Waals surface area contributed by atoms with E-state index < -0.39 is 0 Å². The van der Waals surface area contributed by atoms with Crippen molar-refractivity contribution in [2.75, 3.05) is 46.4 Å². The molecule has 1 heterocycles. The van der Waals surface area contributed by atoms with Gasteiger partial charge >= 0.3 is 0 Å². The third-order valence-corrected chi connectivity index (χ3v) is 4.09.